The van der Waals surface area contributed by atoms with Crippen LogP contribution in [0.4, 0.5) is 46.3 Å². The summed E-state index contributed by atoms with van der Waals surface area (Å²) in [5.41, 5.74) is 9.51. The van der Waals surface area contributed by atoms with E-state index in [4.69, 9.17) is 42.1 Å². The molecule has 0 spiro atoms. The van der Waals surface area contributed by atoms with E-state index in [2.05, 4.69) is 129 Å². The van der Waals surface area contributed by atoms with Gasteiger partial charge < -0.3 is 40.2 Å². The lowest BCUT2D eigenvalue weighted by molar-refractivity contribution is -0.0857. The van der Waals surface area contributed by atoms with Gasteiger partial charge in [0.25, 0.3) is 0 Å². The number of para-hydroxylation sites is 2. The molecule has 496 valence electrons. The molecule has 0 unspecified atom stereocenters. The van der Waals surface area contributed by atoms with Crippen LogP contribution in [-0.4, -0.2) is 132 Å². The summed E-state index contributed by atoms with van der Waals surface area (Å²) in [6.07, 6.45) is 14.0. The summed E-state index contributed by atoms with van der Waals surface area (Å²) >= 11 is 13.0. The molecule has 0 aliphatic carbocycles. The Kier molecular flexibility index (Phi) is 23.1. The molecule has 22 heteroatoms. The van der Waals surface area contributed by atoms with E-state index in [1.165, 1.54) is 29.1 Å². The van der Waals surface area contributed by atoms with E-state index in [0.29, 0.717) is 71.0 Å². The Morgan fingerprint density at radius 3 is 1.47 bits per heavy atom. The predicted molar refractivity (Wildman–Crippen MR) is 373 cm³/mol. The largest absolute Gasteiger partial charge is 0.489 e. The van der Waals surface area contributed by atoms with Crippen LogP contribution in [0.2, 0.25) is 10.0 Å². The Morgan fingerprint density at radius 1 is 0.587 bits per heavy atom. The molecule has 4 N–H and O–H groups in total. The van der Waals surface area contributed by atoms with E-state index < -0.39 is 30.2 Å². The quantitative estimate of drug-likeness (QED) is 0.0498. The third-order valence-corrected chi connectivity index (χ3v) is 22.3. The number of hydrogen-bond donors (Lipinski definition) is 4. The molecular formula is C70H92Cl2N10O8S2. The minimum Gasteiger partial charge on any atom is -0.489 e. The molecule has 0 radical (unpaired) electrons. The smallest absolute Gasteiger partial charge is 0.229 e. The fourth-order valence-electron chi connectivity index (χ4n) is 12.6. The summed E-state index contributed by atoms with van der Waals surface area (Å²) in [6, 6.07) is 24.5. The van der Waals surface area contributed by atoms with E-state index in [9.17, 15) is 16.8 Å². The Hall–Kier alpha value is -6.36. The Morgan fingerprint density at radius 2 is 1.05 bits per heavy atom. The zero-order chi connectivity index (χ0) is 66.3. The Bertz CT molecular complexity index is 3880. The molecule has 2 aromatic heterocycles. The molecule has 0 bridgehead atoms. The fourth-order valence-corrected chi connectivity index (χ4v) is 15.3. The van der Waals surface area contributed by atoms with Crippen molar-refractivity contribution in [2.24, 2.45) is 0 Å². The molecular weight excluding hydrogens is 1240 g/mol. The number of benzene rings is 4. The van der Waals surface area contributed by atoms with Crippen molar-refractivity contribution in [1.82, 2.24) is 29.7 Å². The monoisotopic (exact) mass is 1330 g/mol. The van der Waals surface area contributed by atoms with Gasteiger partial charge in [0.1, 0.15) is 21.5 Å². The van der Waals surface area contributed by atoms with Crippen LogP contribution < -0.4 is 30.7 Å². The second kappa shape index (κ2) is 30.4. The maximum absolute atomic E-state index is 13.1. The number of ether oxygens (including phenoxy) is 4. The first-order valence-corrected chi connectivity index (χ1v) is 36.2. The van der Waals surface area contributed by atoms with E-state index in [-0.39, 0.29) is 43.7 Å². The van der Waals surface area contributed by atoms with E-state index >= 15 is 0 Å². The Balaban J connectivity index is 0.000000218. The molecule has 6 heterocycles. The number of anilines is 8. The highest BCUT2D eigenvalue weighted by atomic mass is 35.5. The predicted octanol–water partition coefficient (Wildman–Crippen LogP) is 15.9. The molecule has 10 rings (SSSR count). The topological polar surface area (TPSA) is 211 Å². The highest BCUT2D eigenvalue weighted by Gasteiger charge is 2.38. The maximum Gasteiger partial charge on any atom is 0.229 e. The molecule has 2 fully saturated rings. The van der Waals surface area contributed by atoms with Crippen LogP contribution in [0.3, 0.4) is 0 Å². The molecule has 4 aliphatic heterocycles. The van der Waals surface area contributed by atoms with Crippen molar-refractivity contribution in [3.05, 3.63) is 130 Å². The van der Waals surface area contributed by atoms with E-state index in [1.807, 2.05) is 27.7 Å². The molecule has 6 aromatic rings. The zero-order valence-electron chi connectivity index (χ0n) is 55.6. The van der Waals surface area contributed by atoms with Gasteiger partial charge in [0.05, 0.1) is 86.9 Å². The summed E-state index contributed by atoms with van der Waals surface area (Å²) in [6.45, 7) is 31.3. The maximum atomic E-state index is 13.1. The van der Waals surface area contributed by atoms with Gasteiger partial charge in [-0.25, -0.2) is 26.8 Å². The van der Waals surface area contributed by atoms with Crippen LogP contribution in [-0.2, 0) is 29.1 Å². The van der Waals surface area contributed by atoms with Gasteiger partial charge >= 0.3 is 0 Å². The number of halogens is 2. The lowest BCUT2D eigenvalue weighted by Gasteiger charge is -2.47. The van der Waals surface area contributed by atoms with Gasteiger partial charge in [0, 0.05) is 43.4 Å². The van der Waals surface area contributed by atoms with Crippen molar-refractivity contribution < 1.29 is 35.8 Å². The summed E-state index contributed by atoms with van der Waals surface area (Å²) < 4.78 is 75.9. The first-order chi connectivity index (χ1) is 43.8. The third kappa shape index (κ3) is 16.2. The highest BCUT2D eigenvalue weighted by Crippen LogP contribution is 2.43. The van der Waals surface area contributed by atoms with Crippen molar-refractivity contribution in [2.75, 3.05) is 47.7 Å². The SMILES string of the molecule is CC[C@H]1CC(c2cc(OC(C)C)c(Nc3ncc(Cl)c(Nc4ccccc4S(=O)(=O)C(C)C)n3)cc2C)=C[C@H](CC)N1C1CCOCC1.Cc1cc(Nc2ncc(Cl)c(Nc3ccccc3S(=O)(=O)C(C)C)n2)c(OC(C)C)cc1C1=C[C@H](C)N(C2COC2)[C@H](C)C1. The van der Waals surface area contributed by atoms with Crippen LogP contribution in [0, 0.1) is 13.8 Å². The minimum atomic E-state index is -3.55. The minimum absolute atomic E-state index is 0.0545. The first-order valence-electron chi connectivity index (χ1n) is 32.3. The Labute approximate surface area is 555 Å². The molecule has 4 aliphatic rings. The zero-order valence-corrected chi connectivity index (χ0v) is 58.7. The molecule has 2 saturated heterocycles. The van der Waals surface area contributed by atoms with E-state index in [1.54, 1.807) is 76.2 Å². The lowest BCUT2D eigenvalue weighted by atomic mass is 9.84. The summed E-state index contributed by atoms with van der Waals surface area (Å²) in [5, 5.41) is 12.3. The normalized spacial score (nSPS) is 19.5. The molecule has 18 nitrogen and oxygen atoms in total. The van der Waals surface area contributed by atoms with E-state index in [0.717, 1.165) is 93.0 Å². The standard InChI is InChI=1S/C37H50ClN5O4S.C33H42ClN5O4S/c1-8-27-19-26(20-28(9-2)43(27)29-14-16-46-17-15-29)30-21-34(47-23(3)4)33(18-25(30)7)41-37-39-22-31(38)36(42-37)40-32-12-10-11-13-35(32)48(44,45)24(5)6;1-19(2)43-30-15-26(24-13-22(6)39(23(7)14-24)25-17-42-18-25)21(5)12-29(30)37-33-35-16-27(34)32(38-33)36-28-10-8-9-11-31(28)44(40,41)20(3)4/h10-13,18-19,21-24,27-29H,8-9,14-17,20H2,1-7H3,(H2,39,40,41,42);8-13,15-16,19-20,22-23,25H,14,17-18H2,1-7H3,(H2,35,36,37,38)/t27-,28-;22-,23+/m00/s1. The number of sulfone groups is 2. The van der Waals surface area contributed by atoms with Crippen molar-refractivity contribution >= 4 is 100 Å². The van der Waals surface area contributed by atoms with Crippen molar-refractivity contribution in [2.45, 2.75) is 204 Å². The van der Waals surface area contributed by atoms with Gasteiger partial charge in [-0.1, -0.05) is 73.5 Å². The molecule has 4 aromatic carbocycles. The summed E-state index contributed by atoms with van der Waals surface area (Å²) in [5.74, 6) is 2.57. The fraction of sp³-hybridized carbons (Fsp3) is 0.486. The average Bonchev–Trinajstić information content (AvgIpc) is 0.798. The number of nitrogens with zero attached hydrogens (tertiary/aromatic N) is 6. The number of nitrogens with one attached hydrogen (secondary N) is 4. The van der Waals surface area contributed by atoms with Gasteiger partial charge in [-0.15, -0.1) is 0 Å². The van der Waals surface area contributed by atoms with Gasteiger partial charge in [-0.2, -0.15) is 9.97 Å². The van der Waals surface area contributed by atoms with Crippen LogP contribution in [0.5, 0.6) is 11.5 Å². The van der Waals surface area contributed by atoms with Crippen LogP contribution in [0.1, 0.15) is 144 Å². The summed E-state index contributed by atoms with van der Waals surface area (Å²) in [7, 11) is -7.09. The first kappa shape index (κ1) is 70.0. The highest BCUT2D eigenvalue weighted by molar-refractivity contribution is 7.92. The number of aryl methyl sites for hydroxylation is 2. The van der Waals surface area contributed by atoms with Gasteiger partial charge in [0.15, 0.2) is 31.3 Å². The second-order valence-corrected chi connectivity index (χ2v) is 31.2. The summed E-state index contributed by atoms with van der Waals surface area (Å²) in [4.78, 5) is 23.8. The van der Waals surface area contributed by atoms with Crippen LogP contribution in [0.25, 0.3) is 11.1 Å². The molecule has 92 heavy (non-hydrogen) atoms. The van der Waals surface area contributed by atoms with Crippen molar-refractivity contribution in [1.29, 1.82) is 0 Å². The molecule has 0 saturated carbocycles. The molecule has 0 amide bonds. The average molecular weight is 1340 g/mol. The van der Waals surface area contributed by atoms with Crippen LogP contribution in [0.15, 0.2) is 107 Å². The third-order valence-electron chi connectivity index (χ3n) is 17.3. The van der Waals surface area contributed by atoms with Crippen LogP contribution >= 0.6 is 23.2 Å². The number of rotatable bonds is 22. The van der Waals surface area contributed by atoms with Gasteiger partial charge in [0.2, 0.25) is 11.9 Å². The lowest BCUT2D eigenvalue weighted by Crippen LogP contribution is -2.56. The molecule has 4 atom stereocenters. The van der Waals surface area contributed by atoms with Gasteiger partial charge in [-0.3, -0.25) is 9.80 Å². The van der Waals surface area contributed by atoms with Crippen molar-refractivity contribution in [3.63, 3.8) is 0 Å². The second-order valence-electron chi connectivity index (χ2n) is 25.5. The van der Waals surface area contributed by atoms with Gasteiger partial charge in [-0.05, 0) is 204 Å². The van der Waals surface area contributed by atoms with Crippen molar-refractivity contribution in [3.8, 4) is 11.5 Å². The number of hydrogen-bond acceptors (Lipinski definition) is 18. The number of aromatic nitrogens is 4.